The Morgan fingerprint density at radius 2 is 1.78 bits per heavy atom. The van der Waals surface area contributed by atoms with Crippen molar-refractivity contribution < 1.29 is 4.79 Å². The zero-order valence-electron chi connectivity index (χ0n) is 17.9. The van der Waals surface area contributed by atoms with Gasteiger partial charge in [-0.15, -0.1) is 10.2 Å². The van der Waals surface area contributed by atoms with Crippen LogP contribution in [0.2, 0.25) is 0 Å². The maximum absolute atomic E-state index is 12.3. The van der Waals surface area contributed by atoms with E-state index in [2.05, 4.69) is 54.2 Å². The molecular weight excluding hydrogens is 400 g/mol. The van der Waals surface area contributed by atoms with Crippen molar-refractivity contribution in [3.63, 3.8) is 0 Å². The number of carbonyl (C=O) groups is 1. The molecule has 2 aromatic heterocycles. The summed E-state index contributed by atoms with van der Waals surface area (Å²) in [6, 6.07) is 20.2. The van der Waals surface area contributed by atoms with E-state index in [0.29, 0.717) is 13.0 Å². The second-order valence-corrected chi connectivity index (χ2v) is 8.14. The topological polar surface area (TPSA) is 75.9 Å². The highest BCUT2D eigenvalue weighted by Gasteiger charge is 2.19. The number of pyridine rings is 1. The summed E-state index contributed by atoms with van der Waals surface area (Å²) in [6.45, 7) is 3.93. The largest absolute Gasteiger partial charge is 0.349 e. The first-order chi connectivity index (χ1) is 15.8. The molecular formula is C25H26N6O. The third-order valence-corrected chi connectivity index (χ3v) is 5.98. The predicted octanol–water partition coefficient (Wildman–Crippen LogP) is 2.74. The smallest absolute Gasteiger partial charge is 0.224 e. The zero-order chi connectivity index (χ0) is 21.8. The highest BCUT2D eigenvalue weighted by atomic mass is 16.1. The SMILES string of the molecule is O=C(Cc1ccccc1)NCc1nnc2n1CCN(Cc1ccnc3ccccc13)CC2. The number of benzene rings is 2. The van der Waals surface area contributed by atoms with Crippen LogP contribution in [-0.2, 0) is 37.3 Å². The molecule has 4 aromatic rings. The molecule has 0 radical (unpaired) electrons. The van der Waals surface area contributed by atoms with Crippen LogP contribution in [0.4, 0.5) is 0 Å². The van der Waals surface area contributed by atoms with Gasteiger partial charge in [0.1, 0.15) is 5.82 Å². The van der Waals surface area contributed by atoms with Gasteiger partial charge in [-0.05, 0) is 23.3 Å². The molecule has 32 heavy (non-hydrogen) atoms. The number of carbonyl (C=O) groups excluding carboxylic acids is 1. The number of fused-ring (bicyclic) bond motifs is 2. The molecule has 5 rings (SSSR count). The van der Waals surface area contributed by atoms with Crippen molar-refractivity contribution in [3.05, 3.63) is 89.6 Å². The maximum atomic E-state index is 12.3. The van der Waals surface area contributed by atoms with Crippen LogP contribution >= 0.6 is 0 Å². The van der Waals surface area contributed by atoms with E-state index in [1.807, 2.05) is 42.6 Å². The minimum Gasteiger partial charge on any atom is -0.349 e. The van der Waals surface area contributed by atoms with Crippen molar-refractivity contribution >= 4 is 16.8 Å². The average molecular weight is 427 g/mol. The van der Waals surface area contributed by atoms with E-state index in [4.69, 9.17) is 0 Å². The summed E-state index contributed by atoms with van der Waals surface area (Å²) in [7, 11) is 0. The first kappa shape index (κ1) is 20.3. The monoisotopic (exact) mass is 426 g/mol. The normalized spacial score (nSPS) is 14.1. The lowest BCUT2D eigenvalue weighted by atomic mass is 10.1. The Kier molecular flexibility index (Phi) is 5.89. The lowest BCUT2D eigenvalue weighted by molar-refractivity contribution is -0.120. The lowest BCUT2D eigenvalue weighted by Crippen LogP contribution is -2.28. The maximum Gasteiger partial charge on any atom is 0.224 e. The first-order valence-electron chi connectivity index (χ1n) is 11.0. The molecule has 0 fully saturated rings. The van der Waals surface area contributed by atoms with Crippen molar-refractivity contribution in [3.8, 4) is 0 Å². The lowest BCUT2D eigenvalue weighted by Gasteiger charge is -2.20. The van der Waals surface area contributed by atoms with Crippen LogP contribution in [0, 0.1) is 0 Å². The Balaban J connectivity index is 1.21. The number of nitrogens with one attached hydrogen (secondary N) is 1. The van der Waals surface area contributed by atoms with E-state index in [-0.39, 0.29) is 5.91 Å². The molecule has 0 bridgehead atoms. The van der Waals surface area contributed by atoms with Crippen LogP contribution in [0.5, 0.6) is 0 Å². The van der Waals surface area contributed by atoms with Crippen LogP contribution < -0.4 is 5.32 Å². The van der Waals surface area contributed by atoms with E-state index in [9.17, 15) is 4.79 Å². The first-order valence-corrected chi connectivity index (χ1v) is 11.0. The van der Waals surface area contributed by atoms with Gasteiger partial charge in [-0.2, -0.15) is 0 Å². The Labute approximate surface area is 187 Å². The molecule has 0 aliphatic carbocycles. The van der Waals surface area contributed by atoms with Crippen LogP contribution in [0.3, 0.4) is 0 Å². The highest BCUT2D eigenvalue weighted by Crippen LogP contribution is 2.19. The fraction of sp³-hybridized carbons (Fsp3) is 0.280. The molecule has 1 aliphatic rings. The third kappa shape index (κ3) is 4.53. The van der Waals surface area contributed by atoms with Gasteiger partial charge >= 0.3 is 0 Å². The second-order valence-electron chi connectivity index (χ2n) is 8.14. The van der Waals surface area contributed by atoms with Gasteiger partial charge in [0.25, 0.3) is 0 Å². The second kappa shape index (κ2) is 9.28. The molecule has 0 unspecified atom stereocenters. The molecule has 0 atom stereocenters. The average Bonchev–Trinajstić information content (AvgIpc) is 3.10. The van der Waals surface area contributed by atoms with Gasteiger partial charge in [0.05, 0.1) is 18.5 Å². The molecule has 0 spiro atoms. The standard InChI is InChI=1S/C25H26N6O/c32-25(16-19-6-2-1-3-7-19)27-17-24-29-28-23-11-13-30(14-15-31(23)24)18-20-10-12-26-22-9-5-4-8-21(20)22/h1-10,12H,11,13-18H2,(H,27,32). The van der Waals surface area contributed by atoms with Gasteiger partial charge in [0, 0.05) is 44.2 Å². The van der Waals surface area contributed by atoms with Gasteiger partial charge in [-0.25, -0.2) is 0 Å². The summed E-state index contributed by atoms with van der Waals surface area (Å²) in [5, 5.41) is 12.9. The fourth-order valence-corrected chi connectivity index (χ4v) is 4.27. The molecule has 1 amide bonds. The van der Waals surface area contributed by atoms with Gasteiger partial charge in [0.2, 0.25) is 5.91 Å². The molecule has 0 saturated heterocycles. The van der Waals surface area contributed by atoms with Crippen LogP contribution in [-0.4, -0.2) is 43.6 Å². The van der Waals surface area contributed by atoms with E-state index in [1.54, 1.807) is 0 Å². The molecule has 162 valence electrons. The van der Waals surface area contributed by atoms with E-state index in [1.165, 1.54) is 10.9 Å². The van der Waals surface area contributed by atoms with E-state index < -0.39 is 0 Å². The minimum absolute atomic E-state index is 0.00614. The van der Waals surface area contributed by atoms with Crippen molar-refractivity contribution in [2.75, 3.05) is 13.1 Å². The van der Waals surface area contributed by atoms with Crippen LogP contribution in [0.1, 0.15) is 22.8 Å². The molecule has 1 aliphatic heterocycles. The van der Waals surface area contributed by atoms with Crippen LogP contribution in [0.15, 0.2) is 66.9 Å². The van der Waals surface area contributed by atoms with Crippen molar-refractivity contribution in [1.82, 2.24) is 30.0 Å². The quantitative estimate of drug-likeness (QED) is 0.513. The fourth-order valence-electron chi connectivity index (χ4n) is 4.27. The third-order valence-electron chi connectivity index (χ3n) is 5.98. The molecule has 3 heterocycles. The van der Waals surface area contributed by atoms with Crippen LogP contribution in [0.25, 0.3) is 10.9 Å². The van der Waals surface area contributed by atoms with E-state index in [0.717, 1.165) is 55.3 Å². The van der Waals surface area contributed by atoms with Gasteiger partial charge in [-0.1, -0.05) is 48.5 Å². The Bertz CT molecular complexity index is 1210. The van der Waals surface area contributed by atoms with Crippen molar-refractivity contribution in [2.45, 2.75) is 32.5 Å². The number of hydrogen-bond acceptors (Lipinski definition) is 5. The van der Waals surface area contributed by atoms with Gasteiger partial charge in [0.15, 0.2) is 5.82 Å². The Morgan fingerprint density at radius 3 is 2.69 bits per heavy atom. The summed E-state index contributed by atoms with van der Waals surface area (Å²) < 4.78 is 2.16. The Morgan fingerprint density at radius 1 is 0.938 bits per heavy atom. The number of nitrogens with zero attached hydrogens (tertiary/aromatic N) is 5. The molecule has 2 aromatic carbocycles. The minimum atomic E-state index is -0.00614. The predicted molar refractivity (Wildman–Crippen MR) is 123 cm³/mol. The molecule has 7 heteroatoms. The summed E-state index contributed by atoms with van der Waals surface area (Å²) in [5.41, 5.74) is 3.33. The zero-order valence-corrected chi connectivity index (χ0v) is 17.9. The van der Waals surface area contributed by atoms with Gasteiger partial charge in [-0.3, -0.25) is 14.7 Å². The van der Waals surface area contributed by atoms with Crippen molar-refractivity contribution in [1.29, 1.82) is 0 Å². The van der Waals surface area contributed by atoms with E-state index >= 15 is 0 Å². The highest BCUT2D eigenvalue weighted by molar-refractivity contribution is 5.81. The number of hydrogen-bond donors (Lipinski definition) is 1. The summed E-state index contributed by atoms with van der Waals surface area (Å²) in [4.78, 5) is 19.3. The number of amides is 1. The van der Waals surface area contributed by atoms with Gasteiger partial charge < -0.3 is 9.88 Å². The molecule has 7 nitrogen and oxygen atoms in total. The van der Waals surface area contributed by atoms with Crippen molar-refractivity contribution in [2.24, 2.45) is 0 Å². The number of aromatic nitrogens is 4. The summed E-state index contributed by atoms with van der Waals surface area (Å²) in [6.07, 6.45) is 3.10. The number of rotatable bonds is 6. The summed E-state index contributed by atoms with van der Waals surface area (Å²) in [5.74, 6) is 1.80. The molecule has 0 saturated carbocycles. The Hall–Kier alpha value is -3.58. The summed E-state index contributed by atoms with van der Waals surface area (Å²) >= 11 is 0. The number of para-hydroxylation sites is 1. The molecule has 1 N–H and O–H groups in total.